The molecule has 0 fully saturated rings. The quantitative estimate of drug-likeness (QED) is 0.775. The largest absolute Gasteiger partial charge is 0.495 e. The van der Waals surface area contributed by atoms with Crippen LogP contribution in [0.3, 0.4) is 0 Å². The van der Waals surface area contributed by atoms with Crippen LogP contribution in [-0.2, 0) is 0 Å². The predicted octanol–water partition coefficient (Wildman–Crippen LogP) is 3.18. The second-order valence-electron chi connectivity index (χ2n) is 4.33. The third kappa shape index (κ3) is 2.45. The van der Waals surface area contributed by atoms with Gasteiger partial charge in [-0.05, 0) is 12.1 Å². The van der Waals surface area contributed by atoms with Gasteiger partial charge in [-0.15, -0.1) is 0 Å². The molecule has 0 saturated heterocycles. The van der Waals surface area contributed by atoms with E-state index in [1.54, 1.807) is 24.9 Å². The number of rotatable bonds is 4. The minimum atomic E-state index is 0.496. The number of nitrogens with zero attached hydrogens (tertiary/aromatic N) is 3. The first kappa shape index (κ1) is 13.5. The molecule has 0 aliphatic carbocycles. The molecule has 21 heavy (non-hydrogen) atoms. The van der Waals surface area contributed by atoms with Gasteiger partial charge in [0.1, 0.15) is 22.4 Å². The SMILES string of the molecule is CNc1cc(Nc2ccccc2OC)n2ncc(Cl)c2n1. The van der Waals surface area contributed by atoms with Crippen LogP contribution in [0.5, 0.6) is 5.75 Å². The van der Waals surface area contributed by atoms with E-state index < -0.39 is 0 Å². The van der Waals surface area contributed by atoms with E-state index in [2.05, 4.69) is 20.7 Å². The summed E-state index contributed by atoms with van der Waals surface area (Å²) in [6.45, 7) is 0. The molecule has 6 nitrogen and oxygen atoms in total. The maximum Gasteiger partial charge on any atom is 0.178 e. The molecule has 3 aromatic rings. The molecule has 0 aliphatic heterocycles. The summed E-state index contributed by atoms with van der Waals surface area (Å²) in [6, 6.07) is 9.50. The van der Waals surface area contributed by atoms with E-state index in [0.29, 0.717) is 16.5 Å². The number of aromatic nitrogens is 3. The van der Waals surface area contributed by atoms with Crippen molar-refractivity contribution in [2.45, 2.75) is 0 Å². The minimum Gasteiger partial charge on any atom is -0.495 e. The summed E-state index contributed by atoms with van der Waals surface area (Å²) < 4.78 is 6.99. The maximum atomic E-state index is 6.11. The smallest absolute Gasteiger partial charge is 0.178 e. The highest BCUT2D eigenvalue weighted by atomic mass is 35.5. The standard InChI is InChI=1S/C14H14ClN5O/c1-16-12-7-13(20-14(19-12)9(15)8-17-20)18-10-5-3-4-6-11(10)21-2/h3-8,18H,1-2H3,(H,16,19). The molecule has 0 amide bonds. The summed E-state index contributed by atoms with van der Waals surface area (Å²) in [5, 5.41) is 11.0. The molecule has 0 bridgehead atoms. The minimum absolute atomic E-state index is 0.496. The average Bonchev–Trinajstić information content (AvgIpc) is 2.89. The van der Waals surface area contributed by atoms with Gasteiger partial charge < -0.3 is 15.4 Å². The summed E-state index contributed by atoms with van der Waals surface area (Å²) in [4.78, 5) is 4.38. The van der Waals surface area contributed by atoms with Crippen LogP contribution in [0, 0.1) is 0 Å². The lowest BCUT2D eigenvalue weighted by molar-refractivity contribution is 0.417. The Labute approximate surface area is 126 Å². The fraction of sp³-hybridized carbons (Fsp3) is 0.143. The van der Waals surface area contributed by atoms with Gasteiger partial charge in [-0.3, -0.25) is 0 Å². The van der Waals surface area contributed by atoms with Crippen LogP contribution < -0.4 is 15.4 Å². The van der Waals surface area contributed by atoms with Gasteiger partial charge in [-0.1, -0.05) is 23.7 Å². The van der Waals surface area contributed by atoms with Gasteiger partial charge in [0.2, 0.25) is 0 Å². The van der Waals surface area contributed by atoms with E-state index >= 15 is 0 Å². The first-order valence-corrected chi connectivity index (χ1v) is 6.73. The van der Waals surface area contributed by atoms with Crippen molar-refractivity contribution in [1.82, 2.24) is 14.6 Å². The van der Waals surface area contributed by atoms with Gasteiger partial charge in [0.15, 0.2) is 5.65 Å². The van der Waals surface area contributed by atoms with Crippen molar-refractivity contribution in [3.8, 4) is 5.75 Å². The molecular weight excluding hydrogens is 290 g/mol. The fourth-order valence-electron chi connectivity index (χ4n) is 2.04. The van der Waals surface area contributed by atoms with Crippen molar-refractivity contribution < 1.29 is 4.74 Å². The number of anilines is 3. The van der Waals surface area contributed by atoms with Gasteiger partial charge in [0.25, 0.3) is 0 Å². The van der Waals surface area contributed by atoms with Crippen LogP contribution in [0.2, 0.25) is 5.02 Å². The summed E-state index contributed by atoms with van der Waals surface area (Å²) in [6.07, 6.45) is 1.57. The average molecular weight is 304 g/mol. The Kier molecular flexibility index (Phi) is 3.53. The van der Waals surface area contributed by atoms with E-state index in [0.717, 1.165) is 17.3 Å². The van der Waals surface area contributed by atoms with Gasteiger partial charge in [-0.25, -0.2) is 4.98 Å². The molecule has 2 N–H and O–H groups in total. The lowest BCUT2D eigenvalue weighted by Gasteiger charge is -2.13. The van der Waals surface area contributed by atoms with Crippen molar-refractivity contribution in [2.75, 3.05) is 24.8 Å². The van der Waals surface area contributed by atoms with Crippen molar-refractivity contribution in [3.05, 3.63) is 41.6 Å². The zero-order chi connectivity index (χ0) is 14.8. The van der Waals surface area contributed by atoms with E-state index in [9.17, 15) is 0 Å². The maximum absolute atomic E-state index is 6.11. The topological polar surface area (TPSA) is 63.5 Å². The molecule has 0 aliphatic rings. The Hall–Kier alpha value is -2.47. The van der Waals surface area contributed by atoms with Crippen molar-refractivity contribution >= 4 is 34.6 Å². The highest BCUT2D eigenvalue weighted by molar-refractivity contribution is 6.33. The molecule has 0 spiro atoms. The van der Waals surface area contributed by atoms with Crippen LogP contribution in [0.1, 0.15) is 0 Å². The summed E-state index contributed by atoms with van der Waals surface area (Å²) in [7, 11) is 3.43. The molecule has 7 heteroatoms. The molecule has 0 saturated carbocycles. The third-order valence-electron chi connectivity index (χ3n) is 3.05. The summed E-state index contributed by atoms with van der Waals surface area (Å²) in [5.74, 6) is 2.18. The molecular formula is C14H14ClN5O. The monoisotopic (exact) mass is 303 g/mol. The molecule has 0 atom stereocenters. The first-order chi connectivity index (χ1) is 10.2. The second-order valence-corrected chi connectivity index (χ2v) is 4.74. The predicted molar refractivity (Wildman–Crippen MR) is 83.8 cm³/mol. The Morgan fingerprint density at radius 1 is 1.29 bits per heavy atom. The van der Waals surface area contributed by atoms with Crippen LogP contribution >= 0.6 is 11.6 Å². The molecule has 108 valence electrons. The number of methoxy groups -OCH3 is 1. The van der Waals surface area contributed by atoms with E-state index in [-0.39, 0.29) is 0 Å². The zero-order valence-corrected chi connectivity index (χ0v) is 12.3. The van der Waals surface area contributed by atoms with Crippen LogP contribution in [0.15, 0.2) is 36.5 Å². The highest BCUT2D eigenvalue weighted by Gasteiger charge is 2.11. The molecule has 0 radical (unpaired) electrons. The van der Waals surface area contributed by atoms with Crippen LogP contribution in [0.4, 0.5) is 17.3 Å². The van der Waals surface area contributed by atoms with Crippen molar-refractivity contribution in [2.24, 2.45) is 0 Å². The van der Waals surface area contributed by atoms with Gasteiger partial charge in [0.05, 0.1) is 19.0 Å². The molecule has 1 aromatic carbocycles. The number of ether oxygens (including phenoxy) is 1. The van der Waals surface area contributed by atoms with Gasteiger partial charge in [-0.2, -0.15) is 9.61 Å². The van der Waals surface area contributed by atoms with Gasteiger partial charge in [0, 0.05) is 13.1 Å². The number of hydrogen-bond donors (Lipinski definition) is 2. The number of fused-ring (bicyclic) bond motifs is 1. The first-order valence-electron chi connectivity index (χ1n) is 6.35. The Morgan fingerprint density at radius 3 is 2.86 bits per heavy atom. The highest BCUT2D eigenvalue weighted by Crippen LogP contribution is 2.29. The second kappa shape index (κ2) is 5.49. The van der Waals surface area contributed by atoms with E-state index in [1.165, 1.54) is 0 Å². The zero-order valence-electron chi connectivity index (χ0n) is 11.6. The molecule has 2 aromatic heterocycles. The Bertz CT molecular complexity index is 786. The lowest BCUT2D eigenvalue weighted by Crippen LogP contribution is -2.04. The number of benzene rings is 1. The molecule has 0 unspecified atom stereocenters. The van der Waals surface area contributed by atoms with Crippen molar-refractivity contribution in [1.29, 1.82) is 0 Å². The summed E-state index contributed by atoms with van der Waals surface area (Å²) in [5.41, 5.74) is 1.42. The summed E-state index contributed by atoms with van der Waals surface area (Å²) >= 11 is 6.11. The van der Waals surface area contributed by atoms with E-state index in [1.807, 2.05) is 30.3 Å². The fourth-order valence-corrected chi connectivity index (χ4v) is 2.21. The van der Waals surface area contributed by atoms with Crippen LogP contribution in [-0.4, -0.2) is 28.8 Å². The Balaban J connectivity index is 2.11. The molecule has 3 rings (SSSR count). The normalized spacial score (nSPS) is 10.6. The number of para-hydroxylation sites is 2. The molecule has 2 heterocycles. The van der Waals surface area contributed by atoms with E-state index in [4.69, 9.17) is 16.3 Å². The number of hydrogen-bond acceptors (Lipinski definition) is 5. The van der Waals surface area contributed by atoms with Gasteiger partial charge >= 0.3 is 0 Å². The van der Waals surface area contributed by atoms with Crippen molar-refractivity contribution in [3.63, 3.8) is 0 Å². The lowest BCUT2D eigenvalue weighted by atomic mass is 10.3. The number of halogens is 1. The Morgan fingerprint density at radius 2 is 2.10 bits per heavy atom. The third-order valence-corrected chi connectivity index (χ3v) is 3.32. The number of nitrogens with one attached hydrogen (secondary N) is 2. The van der Waals surface area contributed by atoms with Crippen LogP contribution in [0.25, 0.3) is 5.65 Å².